The van der Waals surface area contributed by atoms with Gasteiger partial charge in [-0.2, -0.15) is 0 Å². The van der Waals surface area contributed by atoms with E-state index in [0.717, 1.165) is 3.79 Å². The summed E-state index contributed by atoms with van der Waals surface area (Å²) in [5, 5.41) is 0. The molecule has 1 aromatic rings. The summed E-state index contributed by atoms with van der Waals surface area (Å²) in [4.78, 5) is 36.8. The maximum absolute atomic E-state index is 11.9. The first-order chi connectivity index (χ1) is 9.97. The maximum atomic E-state index is 11.9. The number of nitrogens with zero attached hydrogens (tertiary/aromatic N) is 1. The molecule has 0 atom stereocenters. The van der Waals surface area contributed by atoms with Crippen LogP contribution in [0.4, 0.5) is 0 Å². The Hall–Kier alpha value is -1.41. The van der Waals surface area contributed by atoms with Crippen molar-refractivity contribution in [2.45, 2.75) is 12.8 Å². The van der Waals surface area contributed by atoms with Crippen LogP contribution in [-0.4, -0.2) is 42.4 Å². The van der Waals surface area contributed by atoms with Gasteiger partial charge in [0, 0.05) is 19.0 Å². The number of hydrogen-bond donors (Lipinski definition) is 1. The molecule has 0 unspecified atom stereocenters. The summed E-state index contributed by atoms with van der Waals surface area (Å²) < 4.78 is 5.83. The lowest BCUT2D eigenvalue weighted by Gasteiger charge is -2.30. The Balaban J connectivity index is 1.78. The van der Waals surface area contributed by atoms with Crippen LogP contribution in [0.15, 0.2) is 15.9 Å². The first kappa shape index (κ1) is 16.0. The van der Waals surface area contributed by atoms with Gasteiger partial charge in [-0.3, -0.25) is 9.59 Å². The summed E-state index contributed by atoms with van der Waals surface area (Å²) in [7, 11) is 0. The van der Waals surface area contributed by atoms with Crippen LogP contribution >= 0.6 is 27.3 Å². The highest BCUT2D eigenvalue weighted by Crippen LogP contribution is 2.22. The zero-order chi connectivity index (χ0) is 15.4. The molecule has 1 fully saturated rings. The molecule has 0 bridgehead atoms. The van der Waals surface area contributed by atoms with E-state index in [1.807, 2.05) is 0 Å². The fourth-order valence-corrected chi connectivity index (χ4v) is 3.41. The summed E-state index contributed by atoms with van der Waals surface area (Å²) in [6.45, 7) is 0.651. The molecular weight excluding hydrogens is 360 g/mol. The van der Waals surface area contributed by atoms with Crippen molar-refractivity contribution in [1.82, 2.24) is 4.90 Å². The molecule has 0 aromatic carbocycles. The van der Waals surface area contributed by atoms with Crippen LogP contribution in [0, 0.1) is 5.92 Å². The Kier molecular flexibility index (Phi) is 5.35. The third kappa shape index (κ3) is 4.28. The molecule has 114 valence electrons. The van der Waals surface area contributed by atoms with Crippen molar-refractivity contribution in [1.29, 1.82) is 0 Å². The molecule has 21 heavy (non-hydrogen) atoms. The Bertz CT molecular complexity index is 552. The molecule has 1 aliphatic rings. The second kappa shape index (κ2) is 7.04. The second-order valence-corrected chi connectivity index (χ2v) is 7.20. The van der Waals surface area contributed by atoms with Gasteiger partial charge in [0.1, 0.15) is 4.88 Å². The zero-order valence-corrected chi connectivity index (χ0v) is 13.6. The fraction of sp³-hybridized carbons (Fsp3) is 0.462. The summed E-state index contributed by atoms with van der Waals surface area (Å²) in [6.07, 6.45) is 1.12. The lowest BCUT2D eigenvalue weighted by atomic mass is 9.96. The zero-order valence-electron chi connectivity index (χ0n) is 11.2. The van der Waals surface area contributed by atoms with E-state index in [1.54, 1.807) is 17.0 Å². The van der Waals surface area contributed by atoms with Gasteiger partial charge in [-0.1, -0.05) is 0 Å². The molecule has 0 aliphatic carbocycles. The van der Waals surface area contributed by atoms with Crippen molar-refractivity contribution in [3.05, 3.63) is 20.8 Å². The highest BCUT2D eigenvalue weighted by Gasteiger charge is 2.26. The number of nitrogens with two attached hydrogens (primary N) is 1. The third-order valence-corrected chi connectivity index (χ3v) is 4.95. The smallest absolute Gasteiger partial charge is 0.348 e. The molecule has 0 saturated carbocycles. The largest absolute Gasteiger partial charge is 0.451 e. The number of esters is 1. The number of carbonyl (C=O) groups excluding carboxylic acids is 3. The molecule has 1 aromatic heterocycles. The third-order valence-electron chi connectivity index (χ3n) is 3.35. The number of rotatable bonds is 4. The number of amides is 2. The number of piperidine rings is 1. The van der Waals surface area contributed by atoms with Gasteiger partial charge in [0.05, 0.1) is 3.79 Å². The highest BCUT2D eigenvalue weighted by atomic mass is 79.9. The van der Waals surface area contributed by atoms with Crippen molar-refractivity contribution in [3.63, 3.8) is 0 Å². The van der Waals surface area contributed by atoms with Crippen molar-refractivity contribution >= 4 is 45.1 Å². The van der Waals surface area contributed by atoms with E-state index in [2.05, 4.69) is 15.9 Å². The second-order valence-electron chi connectivity index (χ2n) is 4.74. The van der Waals surface area contributed by atoms with Crippen LogP contribution in [0.3, 0.4) is 0 Å². The van der Waals surface area contributed by atoms with E-state index in [9.17, 15) is 14.4 Å². The predicted octanol–water partition coefficient (Wildman–Crippen LogP) is 1.39. The van der Waals surface area contributed by atoms with Gasteiger partial charge in [0.25, 0.3) is 5.91 Å². The summed E-state index contributed by atoms with van der Waals surface area (Å²) >= 11 is 4.51. The predicted molar refractivity (Wildman–Crippen MR) is 80.8 cm³/mol. The molecule has 1 aliphatic heterocycles. The topological polar surface area (TPSA) is 89.7 Å². The normalized spacial score (nSPS) is 15.8. The molecule has 6 nitrogen and oxygen atoms in total. The first-order valence-corrected chi connectivity index (χ1v) is 8.08. The van der Waals surface area contributed by atoms with Crippen LogP contribution in [0.5, 0.6) is 0 Å². The molecule has 2 rings (SSSR count). The van der Waals surface area contributed by atoms with Crippen LogP contribution in [-0.2, 0) is 14.3 Å². The maximum Gasteiger partial charge on any atom is 0.348 e. The van der Waals surface area contributed by atoms with E-state index in [4.69, 9.17) is 10.5 Å². The minimum atomic E-state index is -0.508. The van der Waals surface area contributed by atoms with E-state index >= 15 is 0 Å². The molecule has 0 spiro atoms. The van der Waals surface area contributed by atoms with Gasteiger partial charge in [-0.25, -0.2) is 4.79 Å². The van der Waals surface area contributed by atoms with E-state index < -0.39 is 5.97 Å². The average molecular weight is 375 g/mol. The van der Waals surface area contributed by atoms with Crippen LogP contribution in [0.25, 0.3) is 0 Å². The Morgan fingerprint density at radius 2 is 2.00 bits per heavy atom. The summed E-state index contributed by atoms with van der Waals surface area (Å²) in [5.74, 6) is -1.25. The minimum absolute atomic E-state index is 0.167. The Labute approximate surface area is 134 Å². The van der Waals surface area contributed by atoms with Crippen molar-refractivity contribution in [2.75, 3.05) is 19.7 Å². The standard InChI is InChI=1S/C13H15BrN2O4S/c14-10-2-1-9(21-10)13(19)20-7-11(17)16-5-3-8(4-6-16)12(15)18/h1-2,8H,3-7H2,(H2,15,18). The van der Waals surface area contributed by atoms with Crippen molar-refractivity contribution in [3.8, 4) is 0 Å². The van der Waals surface area contributed by atoms with Gasteiger partial charge in [0.15, 0.2) is 6.61 Å². The number of ether oxygens (including phenoxy) is 1. The lowest BCUT2D eigenvalue weighted by molar-refractivity contribution is -0.137. The number of likely N-dealkylation sites (tertiary alicyclic amines) is 1. The van der Waals surface area contributed by atoms with E-state index in [1.165, 1.54) is 11.3 Å². The molecule has 2 N–H and O–H groups in total. The van der Waals surface area contributed by atoms with Crippen molar-refractivity contribution < 1.29 is 19.1 Å². The molecule has 1 saturated heterocycles. The van der Waals surface area contributed by atoms with Gasteiger partial charge >= 0.3 is 5.97 Å². The summed E-state index contributed by atoms with van der Waals surface area (Å²) in [6, 6.07) is 3.39. The van der Waals surface area contributed by atoms with Crippen LogP contribution in [0.1, 0.15) is 22.5 Å². The van der Waals surface area contributed by atoms with Gasteiger partial charge in [-0.05, 0) is 40.9 Å². The first-order valence-electron chi connectivity index (χ1n) is 6.47. The Morgan fingerprint density at radius 1 is 1.33 bits per heavy atom. The number of halogens is 1. The van der Waals surface area contributed by atoms with Gasteiger partial charge in [-0.15, -0.1) is 11.3 Å². The SMILES string of the molecule is NC(=O)C1CCN(C(=O)COC(=O)c2ccc(Br)s2)CC1. The highest BCUT2D eigenvalue weighted by molar-refractivity contribution is 9.11. The van der Waals surface area contributed by atoms with E-state index in [-0.39, 0.29) is 24.3 Å². The lowest BCUT2D eigenvalue weighted by Crippen LogP contribution is -2.43. The molecule has 2 heterocycles. The van der Waals surface area contributed by atoms with Crippen molar-refractivity contribution in [2.24, 2.45) is 11.7 Å². The molecule has 2 amide bonds. The Morgan fingerprint density at radius 3 is 2.52 bits per heavy atom. The number of primary amides is 1. The van der Waals surface area contributed by atoms with Gasteiger partial charge < -0.3 is 15.4 Å². The number of carbonyl (C=O) groups is 3. The monoisotopic (exact) mass is 374 g/mol. The minimum Gasteiger partial charge on any atom is -0.451 e. The van der Waals surface area contributed by atoms with Gasteiger partial charge in [0.2, 0.25) is 5.91 Å². The fourth-order valence-electron chi connectivity index (χ4n) is 2.13. The molecular formula is C13H15BrN2O4S. The quantitative estimate of drug-likeness (QED) is 0.806. The number of thiophene rings is 1. The van der Waals surface area contributed by atoms with E-state index in [0.29, 0.717) is 30.8 Å². The number of hydrogen-bond acceptors (Lipinski definition) is 5. The average Bonchev–Trinajstić information content (AvgIpc) is 2.91. The molecule has 8 heteroatoms. The van der Waals surface area contributed by atoms with Crippen LogP contribution < -0.4 is 5.73 Å². The van der Waals surface area contributed by atoms with Crippen LogP contribution in [0.2, 0.25) is 0 Å². The molecule has 0 radical (unpaired) electrons. The summed E-state index contributed by atoms with van der Waals surface area (Å²) in [5.41, 5.74) is 5.24.